The van der Waals surface area contributed by atoms with Gasteiger partial charge in [0, 0.05) is 18.2 Å². The fourth-order valence-corrected chi connectivity index (χ4v) is 5.34. The topological polar surface area (TPSA) is 95.0 Å². The lowest BCUT2D eigenvalue weighted by Gasteiger charge is -2.29. The minimum atomic E-state index is -3.44. The summed E-state index contributed by atoms with van der Waals surface area (Å²) in [6, 6.07) is 16.4. The number of carboxylic acid groups (broad SMARTS) is 1. The molecule has 0 unspecified atom stereocenters. The predicted molar refractivity (Wildman–Crippen MR) is 136 cm³/mol. The summed E-state index contributed by atoms with van der Waals surface area (Å²) in [6.45, 7) is 1.83. The molecule has 0 aliphatic carbocycles. The van der Waals surface area contributed by atoms with Crippen LogP contribution in [-0.2, 0) is 14.8 Å². The molecule has 4 rings (SSSR count). The van der Waals surface area contributed by atoms with Gasteiger partial charge < -0.3 is 10.0 Å². The molecule has 3 aromatic carbocycles. The van der Waals surface area contributed by atoms with Crippen LogP contribution in [0.3, 0.4) is 0 Å². The highest BCUT2D eigenvalue weighted by atomic mass is 32.2. The first-order chi connectivity index (χ1) is 17.0. The van der Waals surface area contributed by atoms with E-state index in [1.54, 1.807) is 54.6 Å². The van der Waals surface area contributed by atoms with E-state index in [9.17, 15) is 27.5 Å². The van der Waals surface area contributed by atoms with Crippen LogP contribution in [0.5, 0.6) is 0 Å². The highest BCUT2D eigenvalue weighted by Crippen LogP contribution is 2.39. The van der Waals surface area contributed by atoms with Crippen LogP contribution in [0, 0.1) is 12.7 Å². The number of carboxylic acids is 1. The Balaban J connectivity index is 1.67. The maximum absolute atomic E-state index is 14.5. The maximum atomic E-state index is 14.5. The number of anilines is 1. The monoisotopic (exact) mass is 510 g/mol. The molecular formula is C27H27FN2O5S. The van der Waals surface area contributed by atoms with E-state index in [4.69, 9.17) is 0 Å². The Labute approximate surface area is 209 Å². The number of carbonyl (C=O) groups excluding carboxylic acids is 1. The Hall–Kier alpha value is -3.72. The first-order valence-corrected chi connectivity index (χ1v) is 13.3. The molecule has 7 nitrogen and oxygen atoms in total. The molecule has 1 aliphatic heterocycles. The van der Waals surface area contributed by atoms with Crippen LogP contribution in [0.1, 0.15) is 40.4 Å². The average Bonchev–Trinajstić information content (AvgIpc) is 3.28. The Morgan fingerprint density at radius 3 is 2.28 bits per heavy atom. The number of halogens is 1. The van der Waals surface area contributed by atoms with E-state index >= 15 is 0 Å². The molecule has 0 saturated carbocycles. The number of likely N-dealkylation sites (tertiary alicyclic amines) is 1. The van der Waals surface area contributed by atoms with E-state index in [2.05, 4.69) is 0 Å². The van der Waals surface area contributed by atoms with Crippen molar-refractivity contribution in [2.75, 3.05) is 17.6 Å². The molecule has 36 heavy (non-hydrogen) atoms. The summed E-state index contributed by atoms with van der Waals surface area (Å²) in [6.07, 6.45) is 1.72. The second-order valence-electron chi connectivity index (χ2n) is 8.94. The van der Waals surface area contributed by atoms with Gasteiger partial charge in [0.1, 0.15) is 11.9 Å². The summed E-state index contributed by atoms with van der Waals surface area (Å²) in [5.41, 5.74) is 3.47. The van der Waals surface area contributed by atoms with Crippen LogP contribution >= 0.6 is 0 Å². The van der Waals surface area contributed by atoms with Crippen molar-refractivity contribution in [3.8, 4) is 11.1 Å². The van der Waals surface area contributed by atoms with Gasteiger partial charge in [-0.25, -0.2) is 17.6 Å². The van der Waals surface area contributed by atoms with Crippen molar-refractivity contribution in [2.45, 2.75) is 31.8 Å². The fraction of sp³-hybridized carbons (Fsp3) is 0.259. The summed E-state index contributed by atoms with van der Waals surface area (Å²) in [5, 5.41) is 9.73. The molecule has 9 heteroatoms. The van der Waals surface area contributed by atoms with E-state index in [0.717, 1.165) is 22.9 Å². The highest BCUT2D eigenvalue weighted by Gasteiger charge is 2.42. The second kappa shape index (κ2) is 9.73. The SMILES string of the molecule is Cc1c(-c2ccc(C(=O)N3[C@@H](c4ccccc4F)CC[C@H]3C(=O)O)cc2)cccc1N(C)S(C)(=O)=O. The average molecular weight is 511 g/mol. The number of hydrogen-bond acceptors (Lipinski definition) is 4. The van der Waals surface area contributed by atoms with Gasteiger partial charge in [-0.1, -0.05) is 42.5 Å². The zero-order chi connectivity index (χ0) is 26.2. The molecule has 0 aromatic heterocycles. The van der Waals surface area contributed by atoms with Crippen LogP contribution in [-0.4, -0.2) is 49.6 Å². The number of hydrogen-bond donors (Lipinski definition) is 1. The van der Waals surface area contributed by atoms with E-state index in [1.165, 1.54) is 22.3 Å². The molecule has 188 valence electrons. The van der Waals surface area contributed by atoms with Crippen molar-refractivity contribution in [1.82, 2.24) is 4.90 Å². The number of amides is 1. The van der Waals surface area contributed by atoms with Gasteiger partial charge in [0.15, 0.2) is 0 Å². The van der Waals surface area contributed by atoms with Gasteiger partial charge in [-0.15, -0.1) is 0 Å². The lowest BCUT2D eigenvalue weighted by atomic mass is 9.97. The van der Waals surface area contributed by atoms with Gasteiger partial charge >= 0.3 is 5.97 Å². The van der Waals surface area contributed by atoms with Gasteiger partial charge in [0.2, 0.25) is 10.0 Å². The van der Waals surface area contributed by atoms with Crippen molar-refractivity contribution in [3.05, 3.63) is 89.2 Å². The summed E-state index contributed by atoms with van der Waals surface area (Å²) in [5.74, 6) is -2.08. The molecule has 0 radical (unpaired) electrons. The number of nitrogens with zero attached hydrogens (tertiary/aromatic N) is 2. The zero-order valence-corrected chi connectivity index (χ0v) is 21.0. The molecule has 3 aromatic rings. The van der Waals surface area contributed by atoms with E-state index in [1.807, 2.05) is 13.0 Å². The third-order valence-corrected chi connectivity index (χ3v) is 7.95. The largest absolute Gasteiger partial charge is 0.480 e. The molecule has 1 fully saturated rings. The molecule has 1 saturated heterocycles. The quantitative estimate of drug-likeness (QED) is 0.522. The highest BCUT2D eigenvalue weighted by molar-refractivity contribution is 7.92. The smallest absolute Gasteiger partial charge is 0.326 e. The van der Waals surface area contributed by atoms with Gasteiger partial charge in [0.25, 0.3) is 5.91 Å². The van der Waals surface area contributed by atoms with Gasteiger partial charge in [-0.2, -0.15) is 0 Å². The maximum Gasteiger partial charge on any atom is 0.326 e. The number of carbonyl (C=O) groups is 2. The second-order valence-corrected chi connectivity index (χ2v) is 11.0. The van der Waals surface area contributed by atoms with Crippen LogP contribution in [0.15, 0.2) is 66.7 Å². The van der Waals surface area contributed by atoms with Crippen molar-refractivity contribution < 1.29 is 27.5 Å². The predicted octanol–water partition coefficient (Wildman–Crippen LogP) is 4.63. The minimum absolute atomic E-state index is 0.234. The third-order valence-electron chi connectivity index (χ3n) is 6.75. The Morgan fingerprint density at radius 1 is 1.00 bits per heavy atom. The summed E-state index contributed by atoms with van der Waals surface area (Å²) >= 11 is 0. The lowest BCUT2D eigenvalue weighted by Crippen LogP contribution is -2.42. The first kappa shape index (κ1) is 25.4. The molecule has 1 N–H and O–H groups in total. The number of rotatable bonds is 6. The van der Waals surface area contributed by atoms with Crippen molar-refractivity contribution >= 4 is 27.6 Å². The molecule has 1 aliphatic rings. The van der Waals surface area contributed by atoms with Gasteiger partial charge in [0.05, 0.1) is 18.0 Å². The number of aliphatic carboxylic acids is 1. The summed E-state index contributed by atoms with van der Waals surface area (Å²) in [4.78, 5) is 26.7. The summed E-state index contributed by atoms with van der Waals surface area (Å²) in [7, 11) is -1.95. The van der Waals surface area contributed by atoms with Crippen LogP contribution in [0.25, 0.3) is 11.1 Å². The lowest BCUT2D eigenvalue weighted by molar-refractivity contribution is -0.141. The van der Waals surface area contributed by atoms with Crippen molar-refractivity contribution in [3.63, 3.8) is 0 Å². The zero-order valence-electron chi connectivity index (χ0n) is 20.2. The van der Waals surface area contributed by atoms with E-state index < -0.39 is 39.8 Å². The standard InChI is InChI=1S/C27H27FN2O5S/c1-17-20(8-6-10-23(17)29(2)36(3,34)35)18-11-13-19(14-12-18)26(31)30-24(15-16-25(30)27(32)33)21-7-4-5-9-22(21)28/h4-14,24-25H,15-16H2,1-3H3,(H,32,33)/t24-,25+/m1/s1. The molecule has 1 amide bonds. The first-order valence-electron chi connectivity index (χ1n) is 11.4. The summed E-state index contributed by atoms with van der Waals surface area (Å²) < 4.78 is 39.8. The Kier molecular flexibility index (Phi) is 6.86. The molecule has 2 atom stereocenters. The van der Waals surface area contributed by atoms with Crippen LogP contribution in [0.2, 0.25) is 0 Å². The third kappa shape index (κ3) is 4.70. The van der Waals surface area contributed by atoms with Crippen LogP contribution in [0.4, 0.5) is 10.1 Å². The fourth-order valence-electron chi connectivity index (χ4n) is 4.78. The minimum Gasteiger partial charge on any atom is -0.480 e. The van der Waals surface area contributed by atoms with E-state index in [-0.39, 0.29) is 12.0 Å². The Morgan fingerprint density at radius 2 is 1.67 bits per heavy atom. The van der Waals surface area contributed by atoms with Gasteiger partial charge in [-0.05, 0) is 60.7 Å². The number of benzene rings is 3. The van der Waals surface area contributed by atoms with Crippen LogP contribution < -0.4 is 4.31 Å². The van der Waals surface area contributed by atoms with Gasteiger partial charge in [-0.3, -0.25) is 9.10 Å². The van der Waals surface area contributed by atoms with E-state index in [0.29, 0.717) is 17.7 Å². The Bertz CT molecular complexity index is 1420. The molecule has 1 heterocycles. The van der Waals surface area contributed by atoms with Crippen molar-refractivity contribution in [2.24, 2.45) is 0 Å². The molecule has 0 spiro atoms. The molecular weight excluding hydrogens is 483 g/mol. The normalized spacial score (nSPS) is 17.7. The molecule has 0 bridgehead atoms. The van der Waals surface area contributed by atoms with Crippen molar-refractivity contribution in [1.29, 1.82) is 0 Å². The number of sulfonamides is 1.